The summed E-state index contributed by atoms with van der Waals surface area (Å²) in [6.07, 6.45) is 3.03. The third-order valence-electron chi connectivity index (χ3n) is 4.43. The fraction of sp³-hybridized carbons (Fsp3) is 0.143. The predicted octanol–water partition coefficient (Wildman–Crippen LogP) is 3.05. The van der Waals surface area contributed by atoms with Crippen molar-refractivity contribution in [3.05, 3.63) is 77.6 Å². The molecule has 0 radical (unpaired) electrons. The zero-order valence-electron chi connectivity index (χ0n) is 16.4. The molecule has 0 aliphatic rings. The Hall–Kier alpha value is -3.23. The fourth-order valence-corrected chi connectivity index (χ4v) is 3.59. The molecule has 2 aromatic carbocycles. The molecule has 0 saturated carbocycles. The standard InChI is InChI=1S/C21H22N4O3S/c1-15-21(16(2)25(24-15)18-7-5-4-6-8-18)23-20(26)14-11-17-9-12-19(13-10-17)29(27,28)22-3/h4-14,22H,1-3H3,(H,23,26)/b14-11+. The highest BCUT2D eigenvalue weighted by atomic mass is 32.2. The number of sulfonamides is 1. The molecule has 29 heavy (non-hydrogen) atoms. The summed E-state index contributed by atoms with van der Waals surface area (Å²) in [4.78, 5) is 12.5. The van der Waals surface area contributed by atoms with Crippen LogP contribution in [0.2, 0.25) is 0 Å². The van der Waals surface area contributed by atoms with Gasteiger partial charge in [0.2, 0.25) is 15.9 Å². The number of aromatic nitrogens is 2. The molecule has 0 saturated heterocycles. The van der Waals surface area contributed by atoms with Crippen molar-refractivity contribution in [2.45, 2.75) is 18.7 Å². The molecule has 1 aromatic heterocycles. The van der Waals surface area contributed by atoms with Gasteiger partial charge in [-0.25, -0.2) is 17.8 Å². The molecule has 1 amide bonds. The molecule has 0 aliphatic heterocycles. The second-order valence-corrected chi connectivity index (χ2v) is 8.28. The van der Waals surface area contributed by atoms with Crippen molar-refractivity contribution < 1.29 is 13.2 Å². The molecule has 1 heterocycles. The Morgan fingerprint density at radius 1 is 1.03 bits per heavy atom. The molecule has 3 rings (SSSR count). The number of carbonyl (C=O) groups excluding carboxylic acids is 1. The van der Waals surface area contributed by atoms with Crippen molar-refractivity contribution in [1.29, 1.82) is 0 Å². The molecule has 0 bridgehead atoms. The van der Waals surface area contributed by atoms with Crippen LogP contribution in [0.15, 0.2) is 65.6 Å². The first-order valence-electron chi connectivity index (χ1n) is 8.96. The van der Waals surface area contributed by atoms with Crippen LogP contribution in [0.25, 0.3) is 11.8 Å². The number of para-hydroxylation sites is 1. The van der Waals surface area contributed by atoms with E-state index in [1.807, 2.05) is 44.2 Å². The summed E-state index contributed by atoms with van der Waals surface area (Å²) in [6.45, 7) is 3.74. The van der Waals surface area contributed by atoms with Gasteiger partial charge >= 0.3 is 0 Å². The Balaban J connectivity index is 1.74. The minimum absolute atomic E-state index is 0.168. The zero-order chi connectivity index (χ0) is 21.0. The number of amides is 1. The van der Waals surface area contributed by atoms with Gasteiger partial charge in [0.25, 0.3) is 0 Å². The third-order valence-corrected chi connectivity index (χ3v) is 5.86. The van der Waals surface area contributed by atoms with E-state index in [-0.39, 0.29) is 10.8 Å². The molecular formula is C21H22N4O3S. The molecule has 150 valence electrons. The summed E-state index contributed by atoms with van der Waals surface area (Å²) >= 11 is 0. The first-order valence-corrected chi connectivity index (χ1v) is 10.4. The van der Waals surface area contributed by atoms with Gasteiger partial charge in [-0.1, -0.05) is 30.3 Å². The Bertz CT molecular complexity index is 1150. The molecule has 0 unspecified atom stereocenters. The molecule has 7 nitrogen and oxygen atoms in total. The molecule has 0 aliphatic carbocycles. The van der Waals surface area contributed by atoms with E-state index < -0.39 is 10.0 Å². The van der Waals surface area contributed by atoms with E-state index in [4.69, 9.17) is 0 Å². The number of rotatable bonds is 6. The van der Waals surface area contributed by atoms with Crippen LogP contribution in [0.3, 0.4) is 0 Å². The first-order chi connectivity index (χ1) is 13.8. The molecule has 0 spiro atoms. The molecule has 2 N–H and O–H groups in total. The Labute approximate surface area is 170 Å². The van der Waals surface area contributed by atoms with E-state index in [0.29, 0.717) is 11.3 Å². The van der Waals surface area contributed by atoms with Crippen LogP contribution in [0, 0.1) is 13.8 Å². The summed E-state index contributed by atoms with van der Waals surface area (Å²) in [5.74, 6) is -0.296. The molecular weight excluding hydrogens is 388 g/mol. The highest BCUT2D eigenvalue weighted by Crippen LogP contribution is 2.22. The van der Waals surface area contributed by atoms with E-state index in [9.17, 15) is 13.2 Å². The van der Waals surface area contributed by atoms with Crippen molar-refractivity contribution in [2.24, 2.45) is 0 Å². The van der Waals surface area contributed by atoms with Crippen LogP contribution in [0.1, 0.15) is 17.0 Å². The van der Waals surface area contributed by atoms with Crippen LogP contribution >= 0.6 is 0 Å². The first kappa shape index (κ1) is 20.5. The van der Waals surface area contributed by atoms with Crippen LogP contribution < -0.4 is 10.0 Å². The average molecular weight is 410 g/mol. The second kappa shape index (κ2) is 8.42. The van der Waals surface area contributed by atoms with Gasteiger partial charge in [-0.05, 0) is 56.8 Å². The second-order valence-electron chi connectivity index (χ2n) is 6.39. The number of hydrogen-bond donors (Lipinski definition) is 2. The Morgan fingerprint density at radius 2 is 1.69 bits per heavy atom. The van der Waals surface area contributed by atoms with Crippen molar-refractivity contribution in [3.8, 4) is 5.69 Å². The van der Waals surface area contributed by atoms with Crippen molar-refractivity contribution in [3.63, 3.8) is 0 Å². The van der Waals surface area contributed by atoms with Gasteiger partial charge in [0.15, 0.2) is 0 Å². The Morgan fingerprint density at radius 3 is 2.31 bits per heavy atom. The highest BCUT2D eigenvalue weighted by Gasteiger charge is 2.14. The lowest BCUT2D eigenvalue weighted by molar-refractivity contribution is -0.111. The molecule has 3 aromatic rings. The number of benzene rings is 2. The molecule has 0 fully saturated rings. The average Bonchev–Trinajstić information content (AvgIpc) is 3.01. The minimum Gasteiger partial charge on any atom is -0.319 e. The number of nitrogens with one attached hydrogen (secondary N) is 2. The van der Waals surface area contributed by atoms with E-state index >= 15 is 0 Å². The minimum atomic E-state index is -3.48. The van der Waals surface area contributed by atoms with Gasteiger partial charge in [-0.3, -0.25) is 4.79 Å². The summed E-state index contributed by atoms with van der Waals surface area (Å²) in [7, 11) is -2.12. The highest BCUT2D eigenvalue weighted by molar-refractivity contribution is 7.89. The van der Waals surface area contributed by atoms with Crippen LogP contribution in [0.5, 0.6) is 0 Å². The monoisotopic (exact) mass is 410 g/mol. The lowest BCUT2D eigenvalue weighted by atomic mass is 10.2. The number of hydrogen-bond acceptors (Lipinski definition) is 4. The van der Waals surface area contributed by atoms with Gasteiger partial charge in [-0.15, -0.1) is 0 Å². The fourth-order valence-electron chi connectivity index (χ4n) is 2.86. The van der Waals surface area contributed by atoms with E-state index in [0.717, 1.165) is 17.1 Å². The number of aryl methyl sites for hydroxylation is 1. The maximum Gasteiger partial charge on any atom is 0.248 e. The van der Waals surface area contributed by atoms with Crippen LogP contribution in [0.4, 0.5) is 5.69 Å². The van der Waals surface area contributed by atoms with Gasteiger partial charge in [-0.2, -0.15) is 5.10 Å². The van der Waals surface area contributed by atoms with Crippen molar-refractivity contribution >= 4 is 27.7 Å². The van der Waals surface area contributed by atoms with Gasteiger partial charge in [0, 0.05) is 6.08 Å². The maximum absolute atomic E-state index is 12.4. The van der Waals surface area contributed by atoms with Gasteiger partial charge < -0.3 is 5.32 Å². The van der Waals surface area contributed by atoms with Crippen LogP contribution in [-0.4, -0.2) is 31.2 Å². The van der Waals surface area contributed by atoms with E-state index in [1.54, 1.807) is 22.9 Å². The number of nitrogens with zero attached hydrogens (tertiary/aromatic N) is 2. The summed E-state index contributed by atoms with van der Waals surface area (Å²) in [5.41, 5.74) is 3.84. The van der Waals surface area contributed by atoms with Crippen molar-refractivity contribution in [2.75, 3.05) is 12.4 Å². The lowest BCUT2D eigenvalue weighted by Gasteiger charge is -2.05. The smallest absolute Gasteiger partial charge is 0.248 e. The number of carbonyl (C=O) groups is 1. The number of anilines is 1. The Kier molecular flexibility index (Phi) is 5.95. The van der Waals surface area contributed by atoms with Gasteiger partial charge in [0.05, 0.1) is 27.7 Å². The summed E-state index contributed by atoms with van der Waals surface area (Å²) < 4.78 is 27.5. The normalized spacial score (nSPS) is 11.7. The predicted molar refractivity (Wildman–Crippen MR) is 113 cm³/mol. The zero-order valence-corrected chi connectivity index (χ0v) is 17.2. The SMILES string of the molecule is CNS(=O)(=O)c1ccc(/C=C/C(=O)Nc2c(C)nn(-c3ccccc3)c2C)cc1. The molecule has 0 atom stereocenters. The topological polar surface area (TPSA) is 93.1 Å². The summed E-state index contributed by atoms with van der Waals surface area (Å²) in [6, 6.07) is 15.9. The summed E-state index contributed by atoms with van der Waals surface area (Å²) in [5, 5.41) is 7.38. The maximum atomic E-state index is 12.4. The largest absolute Gasteiger partial charge is 0.319 e. The third kappa shape index (κ3) is 4.61. The molecule has 8 heteroatoms. The van der Waals surface area contributed by atoms with Gasteiger partial charge in [0.1, 0.15) is 0 Å². The lowest BCUT2D eigenvalue weighted by Crippen LogP contribution is -2.18. The van der Waals surface area contributed by atoms with E-state index in [1.165, 1.54) is 25.3 Å². The van der Waals surface area contributed by atoms with Crippen LogP contribution in [-0.2, 0) is 14.8 Å². The van der Waals surface area contributed by atoms with Crippen molar-refractivity contribution in [1.82, 2.24) is 14.5 Å². The van der Waals surface area contributed by atoms with E-state index in [2.05, 4.69) is 15.1 Å². The quantitative estimate of drug-likeness (QED) is 0.611.